The normalized spacial score (nSPS) is 19.9. The van der Waals surface area contributed by atoms with E-state index in [4.69, 9.17) is 9.47 Å². The van der Waals surface area contributed by atoms with E-state index in [-0.39, 0.29) is 12.8 Å². The number of allylic oxidation sites excluding steroid dienone is 6. The number of rotatable bonds is 55. The minimum atomic E-state index is -1.67. The van der Waals surface area contributed by atoms with Gasteiger partial charge in [0.25, 0.3) is 0 Å². The van der Waals surface area contributed by atoms with Gasteiger partial charge in [-0.1, -0.05) is 269 Å². The fraction of sp³-hybridized carbons (Fsp3) is 0.891. The number of unbranched alkanes of at least 4 members (excludes halogenated alkanes) is 37. The predicted octanol–water partition coefficient (Wildman–Crippen LogP) is 14.2. The van der Waals surface area contributed by atoms with Gasteiger partial charge in [0, 0.05) is 0 Å². The van der Waals surface area contributed by atoms with Crippen molar-refractivity contribution in [2.75, 3.05) is 13.2 Å². The van der Waals surface area contributed by atoms with Crippen molar-refractivity contribution < 1.29 is 50.0 Å². The highest BCUT2D eigenvalue weighted by Crippen LogP contribution is 2.23. The van der Waals surface area contributed by atoms with Crippen LogP contribution in [0.2, 0.25) is 0 Å². The van der Waals surface area contributed by atoms with E-state index in [9.17, 15) is 40.5 Å². The van der Waals surface area contributed by atoms with E-state index in [0.717, 1.165) is 44.9 Å². The van der Waals surface area contributed by atoms with Crippen LogP contribution in [-0.4, -0.2) is 110 Å². The lowest BCUT2D eigenvalue weighted by Gasteiger charge is -2.40. The van der Waals surface area contributed by atoms with E-state index in [1.807, 2.05) is 0 Å². The predicted molar refractivity (Wildman–Crippen MR) is 312 cm³/mol. The van der Waals surface area contributed by atoms with Crippen molar-refractivity contribution in [1.29, 1.82) is 0 Å². The lowest BCUT2D eigenvalue weighted by Crippen LogP contribution is -2.60. The Balaban J connectivity index is 2.30. The molecule has 8 N–H and O–H groups in total. The summed E-state index contributed by atoms with van der Waals surface area (Å²) < 4.78 is 11.1. The molecule has 1 aliphatic rings. The van der Waals surface area contributed by atoms with Crippen LogP contribution in [0.5, 0.6) is 0 Å². The van der Waals surface area contributed by atoms with Gasteiger partial charge in [0.05, 0.1) is 25.4 Å². The highest BCUT2D eigenvalue weighted by Gasteiger charge is 2.44. The SMILES string of the molecule is CCCCCCCCCCCCCCCC/C=C/CC/C=C/CC/C=C/CCCC(O)C(O)C(COC1OC(CO)C(O)C(O)C1O)NC(=O)C(O)CCCCCCCCCCCCCCCCCCCCCCC. The van der Waals surface area contributed by atoms with Gasteiger partial charge in [0.15, 0.2) is 6.29 Å². The number of hydrogen-bond donors (Lipinski definition) is 8. The summed E-state index contributed by atoms with van der Waals surface area (Å²) in [7, 11) is 0. The summed E-state index contributed by atoms with van der Waals surface area (Å²) >= 11 is 0. The standard InChI is InChI=1S/C64H121NO10/c1-3-5-7-9-11-13-15-17-19-21-23-25-26-27-28-29-30-32-33-35-37-39-41-43-45-47-49-51-56(67)59(69)55(54-74-64-62(72)61(71)60(70)58(53-66)75-64)65-63(73)57(68)52-50-48-46-44-42-40-38-36-34-31-24-22-20-18-16-14-12-10-8-6-4-2/h29-30,35,37,43,45,55-62,64,66-72H,3-28,31-34,36,38-42,44,46-54H2,1-2H3,(H,65,73)/b30-29+,37-35+,45-43+. The van der Waals surface area contributed by atoms with Crippen LogP contribution in [0.4, 0.5) is 0 Å². The fourth-order valence-electron chi connectivity index (χ4n) is 10.2. The van der Waals surface area contributed by atoms with Crippen LogP contribution in [0, 0.1) is 0 Å². The van der Waals surface area contributed by atoms with Gasteiger partial charge in [0.2, 0.25) is 5.91 Å². The van der Waals surface area contributed by atoms with Gasteiger partial charge in [-0.3, -0.25) is 4.79 Å². The molecule has 0 aromatic rings. The second kappa shape index (κ2) is 53.0. The average Bonchev–Trinajstić information content (AvgIpc) is 3.41. The van der Waals surface area contributed by atoms with E-state index in [1.165, 1.54) is 205 Å². The van der Waals surface area contributed by atoms with E-state index >= 15 is 0 Å². The first-order valence-corrected chi connectivity index (χ1v) is 31.9. The van der Waals surface area contributed by atoms with Crippen LogP contribution in [0.15, 0.2) is 36.5 Å². The Morgan fingerprint density at radius 1 is 0.453 bits per heavy atom. The lowest BCUT2D eigenvalue weighted by atomic mass is 9.98. The van der Waals surface area contributed by atoms with Crippen molar-refractivity contribution >= 4 is 5.91 Å². The highest BCUT2D eigenvalue weighted by atomic mass is 16.7. The van der Waals surface area contributed by atoms with Gasteiger partial charge >= 0.3 is 0 Å². The molecule has 1 heterocycles. The fourth-order valence-corrected chi connectivity index (χ4v) is 10.2. The van der Waals surface area contributed by atoms with Crippen LogP contribution in [0.25, 0.3) is 0 Å². The molecule has 0 spiro atoms. The molecule has 0 aromatic heterocycles. The van der Waals surface area contributed by atoms with E-state index in [0.29, 0.717) is 19.3 Å². The van der Waals surface area contributed by atoms with Gasteiger partial charge in [-0.2, -0.15) is 0 Å². The van der Waals surface area contributed by atoms with E-state index in [2.05, 4.69) is 55.6 Å². The molecule has 442 valence electrons. The molecule has 0 saturated carbocycles. The van der Waals surface area contributed by atoms with Crippen molar-refractivity contribution in [2.45, 2.75) is 351 Å². The van der Waals surface area contributed by atoms with Crippen LogP contribution in [0.3, 0.4) is 0 Å². The minimum absolute atomic E-state index is 0.243. The van der Waals surface area contributed by atoms with E-state index < -0.39 is 74.2 Å². The number of carbonyl (C=O) groups is 1. The van der Waals surface area contributed by atoms with Crippen LogP contribution >= 0.6 is 0 Å². The maximum atomic E-state index is 13.2. The number of ether oxygens (including phenoxy) is 2. The quantitative estimate of drug-likeness (QED) is 0.0215. The van der Waals surface area contributed by atoms with Crippen LogP contribution < -0.4 is 5.32 Å². The third kappa shape index (κ3) is 41.1. The Kier molecular flexibility index (Phi) is 50.4. The number of aliphatic hydroxyl groups is 7. The van der Waals surface area contributed by atoms with E-state index in [1.54, 1.807) is 0 Å². The zero-order chi connectivity index (χ0) is 54.7. The number of aliphatic hydroxyl groups excluding tert-OH is 7. The Morgan fingerprint density at radius 3 is 1.19 bits per heavy atom. The summed E-state index contributed by atoms with van der Waals surface area (Å²) in [5.74, 6) is -0.708. The first kappa shape index (κ1) is 71.3. The van der Waals surface area contributed by atoms with Crippen molar-refractivity contribution in [2.24, 2.45) is 0 Å². The van der Waals surface area contributed by atoms with Gasteiger partial charge in [-0.15, -0.1) is 0 Å². The summed E-state index contributed by atoms with van der Waals surface area (Å²) in [6.07, 6.45) is 55.0. The molecule has 1 amide bonds. The molecular formula is C64H121NO10. The zero-order valence-electron chi connectivity index (χ0n) is 48.5. The number of carbonyl (C=O) groups excluding carboxylic acids is 1. The Hall–Kier alpha value is -1.67. The molecular weight excluding hydrogens is 943 g/mol. The van der Waals surface area contributed by atoms with Crippen molar-refractivity contribution in [3.05, 3.63) is 36.5 Å². The summed E-state index contributed by atoms with van der Waals surface area (Å²) in [6.45, 7) is 3.47. The maximum Gasteiger partial charge on any atom is 0.249 e. The molecule has 1 saturated heterocycles. The van der Waals surface area contributed by atoms with Crippen LogP contribution in [-0.2, 0) is 14.3 Å². The number of hydrogen-bond acceptors (Lipinski definition) is 10. The molecule has 9 unspecified atom stereocenters. The summed E-state index contributed by atoms with van der Waals surface area (Å²) in [5, 5.41) is 76.3. The molecule has 1 aliphatic heterocycles. The molecule has 1 rings (SSSR count). The monoisotopic (exact) mass is 1060 g/mol. The first-order valence-electron chi connectivity index (χ1n) is 31.9. The van der Waals surface area contributed by atoms with Crippen molar-refractivity contribution in [3.63, 3.8) is 0 Å². The largest absolute Gasteiger partial charge is 0.394 e. The van der Waals surface area contributed by atoms with Crippen molar-refractivity contribution in [3.8, 4) is 0 Å². The van der Waals surface area contributed by atoms with Gasteiger partial charge < -0.3 is 50.5 Å². The topological polar surface area (TPSA) is 189 Å². The van der Waals surface area contributed by atoms with Gasteiger partial charge in [-0.25, -0.2) is 0 Å². The molecule has 75 heavy (non-hydrogen) atoms. The number of amides is 1. The average molecular weight is 1060 g/mol. The second-order valence-corrected chi connectivity index (χ2v) is 22.5. The molecule has 11 nitrogen and oxygen atoms in total. The Bertz CT molecular complexity index is 1310. The zero-order valence-corrected chi connectivity index (χ0v) is 48.5. The Morgan fingerprint density at radius 2 is 0.800 bits per heavy atom. The third-order valence-corrected chi connectivity index (χ3v) is 15.4. The van der Waals surface area contributed by atoms with Gasteiger partial charge in [0.1, 0.15) is 36.6 Å². The Labute approximate surface area is 460 Å². The summed E-state index contributed by atoms with van der Waals surface area (Å²) in [4.78, 5) is 13.2. The third-order valence-electron chi connectivity index (χ3n) is 15.4. The first-order chi connectivity index (χ1) is 36.7. The molecule has 9 atom stereocenters. The van der Waals surface area contributed by atoms with Crippen LogP contribution in [0.1, 0.15) is 296 Å². The van der Waals surface area contributed by atoms with Gasteiger partial charge in [-0.05, 0) is 64.2 Å². The second-order valence-electron chi connectivity index (χ2n) is 22.5. The molecule has 11 heteroatoms. The minimum Gasteiger partial charge on any atom is -0.394 e. The molecule has 0 aliphatic carbocycles. The highest BCUT2D eigenvalue weighted by molar-refractivity contribution is 5.80. The summed E-state index contributed by atoms with van der Waals surface area (Å²) in [6, 6.07) is -1.19. The summed E-state index contributed by atoms with van der Waals surface area (Å²) in [5.41, 5.74) is 0. The maximum absolute atomic E-state index is 13.2. The smallest absolute Gasteiger partial charge is 0.249 e. The number of nitrogens with one attached hydrogen (secondary N) is 1. The molecule has 0 bridgehead atoms. The van der Waals surface area contributed by atoms with Crippen molar-refractivity contribution in [1.82, 2.24) is 5.32 Å². The molecule has 0 radical (unpaired) electrons. The molecule has 1 fully saturated rings. The molecule has 0 aromatic carbocycles. The lowest BCUT2D eigenvalue weighted by molar-refractivity contribution is -0.303.